The topological polar surface area (TPSA) is 84.2 Å². The number of nitrogens with one attached hydrogen (secondary N) is 2. The number of benzene rings is 2. The number of hydrogen-bond donors (Lipinski definition) is 3. The molecule has 0 spiro atoms. The van der Waals surface area contributed by atoms with Crippen molar-refractivity contribution in [2.75, 3.05) is 5.73 Å². The molecule has 2 aromatic rings. The predicted molar refractivity (Wildman–Crippen MR) is 111 cm³/mol. The first kappa shape index (κ1) is 19.9. The summed E-state index contributed by atoms with van der Waals surface area (Å²) in [5.74, 6) is -0.0658. The van der Waals surface area contributed by atoms with Gasteiger partial charge in [-0.15, -0.1) is 0 Å². The summed E-state index contributed by atoms with van der Waals surface area (Å²) in [6, 6.07) is 14.5. The minimum atomic E-state index is -0.702. The molecule has 2 amide bonds. The highest BCUT2D eigenvalue weighted by atomic mass is 16.2. The molecule has 5 nitrogen and oxygen atoms in total. The van der Waals surface area contributed by atoms with E-state index in [4.69, 9.17) is 5.73 Å². The molecule has 0 aromatic heterocycles. The Morgan fingerprint density at radius 2 is 1.89 bits per heavy atom. The quantitative estimate of drug-likeness (QED) is 0.670. The van der Waals surface area contributed by atoms with Crippen LogP contribution >= 0.6 is 0 Å². The number of nitrogens with two attached hydrogens (primary N) is 1. The average Bonchev–Trinajstić information content (AvgIpc) is 2.66. The van der Waals surface area contributed by atoms with E-state index >= 15 is 0 Å². The molecule has 2 unspecified atom stereocenters. The van der Waals surface area contributed by atoms with Crippen molar-refractivity contribution in [3.05, 3.63) is 65.2 Å². The lowest BCUT2D eigenvalue weighted by Crippen LogP contribution is -2.42. The normalized spacial score (nSPS) is 16.9. The molecule has 5 heteroatoms. The molecule has 0 saturated heterocycles. The molecule has 3 rings (SSSR count). The number of fused-ring (bicyclic) bond motifs is 1. The lowest BCUT2D eigenvalue weighted by Gasteiger charge is -2.29. The van der Waals surface area contributed by atoms with Gasteiger partial charge in [0.05, 0.1) is 6.04 Å². The van der Waals surface area contributed by atoms with E-state index in [2.05, 4.69) is 10.6 Å². The maximum absolute atomic E-state index is 13.2. The SMILES string of the molecule is CC(C)CC(=O)NC(C(=O)NC1CCCc2cc(N)ccc21)c1ccccc1. The van der Waals surface area contributed by atoms with Crippen LogP contribution in [-0.4, -0.2) is 11.8 Å². The molecule has 1 aliphatic carbocycles. The van der Waals surface area contributed by atoms with Gasteiger partial charge >= 0.3 is 0 Å². The van der Waals surface area contributed by atoms with Crippen molar-refractivity contribution in [2.24, 2.45) is 5.92 Å². The van der Waals surface area contributed by atoms with Crippen LogP contribution in [0.2, 0.25) is 0 Å². The Bertz CT molecular complexity index is 833. The van der Waals surface area contributed by atoms with Crippen LogP contribution in [0.4, 0.5) is 5.69 Å². The molecule has 148 valence electrons. The molecular weight excluding hydrogens is 350 g/mol. The van der Waals surface area contributed by atoms with E-state index in [1.807, 2.05) is 62.4 Å². The average molecular weight is 380 g/mol. The van der Waals surface area contributed by atoms with Gasteiger partial charge in [-0.2, -0.15) is 0 Å². The van der Waals surface area contributed by atoms with Gasteiger partial charge < -0.3 is 16.4 Å². The standard InChI is InChI=1S/C23H29N3O2/c1-15(2)13-21(27)26-22(16-7-4-3-5-8-16)23(28)25-20-10-6-9-17-14-18(24)11-12-19(17)20/h3-5,7-8,11-12,14-15,20,22H,6,9-10,13,24H2,1-2H3,(H,25,28)(H,26,27). The second-order valence-electron chi connectivity index (χ2n) is 7.92. The molecule has 2 atom stereocenters. The van der Waals surface area contributed by atoms with Crippen molar-refractivity contribution >= 4 is 17.5 Å². The Kier molecular flexibility index (Phi) is 6.34. The second kappa shape index (κ2) is 8.91. The first-order valence-electron chi connectivity index (χ1n) is 9.97. The Hall–Kier alpha value is -2.82. The third-order valence-electron chi connectivity index (χ3n) is 5.09. The van der Waals surface area contributed by atoms with E-state index in [0.717, 1.165) is 36.1 Å². The third kappa shape index (κ3) is 4.91. The van der Waals surface area contributed by atoms with Crippen LogP contribution in [0.15, 0.2) is 48.5 Å². The third-order valence-corrected chi connectivity index (χ3v) is 5.09. The largest absolute Gasteiger partial charge is 0.399 e. The van der Waals surface area contributed by atoms with E-state index in [1.165, 1.54) is 5.56 Å². The smallest absolute Gasteiger partial charge is 0.247 e. The number of anilines is 1. The first-order valence-corrected chi connectivity index (χ1v) is 9.97. The van der Waals surface area contributed by atoms with Crippen molar-refractivity contribution in [1.29, 1.82) is 0 Å². The fraction of sp³-hybridized carbons (Fsp3) is 0.391. The molecule has 0 radical (unpaired) electrons. The Morgan fingerprint density at radius 3 is 2.61 bits per heavy atom. The van der Waals surface area contributed by atoms with Gasteiger partial charge in [0, 0.05) is 12.1 Å². The molecule has 4 N–H and O–H groups in total. The highest BCUT2D eigenvalue weighted by Crippen LogP contribution is 2.31. The fourth-order valence-electron chi connectivity index (χ4n) is 3.78. The van der Waals surface area contributed by atoms with Gasteiger partial charge in [-0.25, -0.2) is 0 Å². The van der Waals surface area contributed by atoms with E-state index < -0.39 is 6.04 Å². The minimum Gasteiger partial charge on any atom is -0.399 e. The monoisotopic (exact) mass is 379 g/mol. The van der Waals surface area contributed by atoms with E-state index in [1.54, 1.807) is 0 Å². The van der Waals surface area contributed by atoms with Crippen molar-refractivity contribution < 1.29 is 9.59 Å². The summed E-state index contributed by atoms with van der Waals surface area (Å²) in [4.78, 5) is 25.5. The van der Waals surface area contributed by atoms with Crippen molar-refractivity contribution in [3.63, 3.8) is 0 Å². The van der Waals surface area contributed by atoms with Crippen LogP contribution in [0.3, 0.4) is 0 Å². The summed E-state index contributed by atoms with van der Waals surface area (Å²) in [5.41, 5.74) is 9.75. The molecule has 0 aliphatic heterocycles. The van der Waals surface area contributed by atoms with Crippen LogP contribution in [0.1, 0.15) is 61.9 Å². The van der Waals surface area contributed by atoms with E-state index in [9.17, 15) is 9.59 Å². The molecule has 28 heavy (non-hydrogen) atoms. The highest BCUT2D eigenvalue weighted by molar-refractivity contribution is 5.89. The summed E-state index contributed by atoms with van der Waals surface area (Å²) in [5, 5.41) is 6.07. The molecule has 0 bridgehead atoms. The van der Waals surface area contributed by atoms with Crippen LogP contribution in [0.5, 0.6) is 0 Å². The Morgan fingerprint density at radius 1 is 1.14 bits per heavy atom. The molecule has 2 aromatic carbocycles. The summed E-state index contributed by atoms with van der Waals surface area (Å²) in [7, 11) is 0. The summed E-state index contributed by atoms with van der Waals surface area (Å²) in [6.07, 6.45) is 3.24. The lowest BCUT2D eigenvalue weighted by atomic mass is 9.87. The van der Waals surface area contributed by atoms with Crippen molar-refractivity contribution in [2.45, 2.75) is 51.6 Å². The Balaban J connectivity index is 1.79. The van der Waals surface area contributed by atoms with Crippen molar-refractivity contribution in [1.82, 2.24) is 10.6 Å². The van der Waals surface area contributed by atoms with Crippen LogP contribution < -0.4 is 16.4 Å². The maximum Gasteiger partial charge on any atom is 0.247 e. The zero-order valence-electron chi connectivity index (χ0n) is 16.6. The summed E-state index contributed by atoms with van der Waals surface area (Å²) >= 11 is 0. The molecular formula is C23H29N3O2. The zero-order chi connectivity index (χ0) is 20.1. The number of carbonyl (C=O) groups excluding carboxylic acids is 2. The molecule has 1 aliphatic rings. The first-order chi connectivity index (χ1) is 13.4. The fourth-order valence-corrected chi connectivity index (χ4v) is 3.78. The van der Waals surface area contributed by atoms with Crippen LogP contribution in [-0.2, 0) is 16.0 Å². The zero-order valence-corrected chi connectivity index (χ0v) is 16.6. The predicted octanol–water partition coefficient (Wildman–Crippen LogP) is 3.67. The number of nitrogen functional groups attached to an aromatic ring is 1. The van der Waals surface area contributed by atoms with Crippen LogP contribution in [0.25, 0.3) is 0 Å². The number of amides is 2. The lowest BCUT2D eigenvalue weighted by molar-refractivity contribution is -0.130. The van der Waals surface area contributed by atoms with Gasteiger partial charge in [-0.05, 0) is 54.0 Å². The van der Waals surface area contributed by atoms with Crippen LogP contribution in [0, 0.1) is 5.92 Å². The molecule has 0 heterocycles. The minimum absolute atomic E-state index is 0.0648. The van der Waals surface area contributed by atoms with Gasteiger partial charge in [0.2, 0.25) is 11.8 Å². The Labute approximate surface area is 166 Å². The summed E-state index contributed by atoms with van der Waals surface area (Å²) < 4.78 is 0. The van der Waals surface area contributed by atoms with Gasteiger partial charge in [0.25, 0.3) is 0 Å². The van der Waals surface area contributed by atoms with Gasteiger partial charge in [0.15, 0.2) is 0 Å². The number of aryl methyl sites for hydroxylation is 1. The van der Waals surface area contributed by atoms with Gasteiger partial charge in [-0.1, -0.05) is 50.2 Å². The second-order valence-corrected chi connectivity index (χ2v) is 7.92. The number of carbonyl (C=O) groups is 2. The van der Waals surface area contributed by atoms with E-state index in [0.29, 0.717) is 6.42 Å². The highest BCUT2D eigenvalue weighted by Gasteiger charge is 2.28. The van der Waals surface area contributed by atoms with Gasteiger partial charge in [0.1, 0.15) is 6.04 Å². The van der Waals surface area contributed by atoms with Crippen molar-refractivity contribution in [3.8, 4) is 0 Å². The number of hydrogen-bond acceptors (Lipinski definition) is 3. The maximum atomic E-state index is 13.2. The molecule has 0 saturated carbocycles. The number of rotatable bonds is 6. The molecule has 0 fully saturated rings. The van der Waals surface area contributed by atoms with E-state index in [-0.39, 0.29) is 23.8 Å². The summed E-state index contributed by atoms with van der Waals surface area (Å²) in [6.45, 7) is 3.98. The van der Waals surface area contributed by atoms with Gasteiger partial charge in [-0.3, -0.25) is 9.59 Å².